The second-order valence-electron chi connectivity index (χ2n) is 5.80. The minimum atomic E-state index is 0.0267. The summed E-state index contributed by atoms with van der Waals surface area (Å²) in [6, 6.07) is 13.8. The summed E-state index contributed by atoms with van der Waals surface area (Å²) in [6.45, 7) is 0.622. The Hall–Kier alpha value is -2.82. The van der Waals surface area contributed by atoms with E-state index in [2.05, 4.69) is 10.3 Å². The van der Waals surface area contributed by atoms with Crippen LogP contribution in [0.15, 0.2) is 48.8 Å². The molecule has 24 heavy (non-hydrogen) atoms. The van der Waals surface area contributed by atoms with Crippen molar-refractivity contribution in [2.75, 3.05) is 13.7 Å². The summed E-state index contributed by atoms with van der Waals surface area (Å²) in [4.78, 5) is 16.4. The minimum absolute atomic E-state index is 0.0267. The largest absolute Gasteiger partial charge is 0.497 e. The number of amides is 1. The van der Waals surface area contributed by atoms with E-state index >= 15 is 0 Å². The molecule has 5 nitrogen and oxygen atoms in total. The Morgan fingerprint density at radius 1 is 1.17 bits per heavy atom. The molecular formula is C19H21N3O2. The van der Waals surface area contributed by atoms with Gasteiger partial charge in [-0.05, 0) is 41.8 Å². The van der Waals surface area contributed by atoms with Crippen LogP contribution in [0.4, 0.5) is 0 Å². The van der Waals surface area contributed by atoms with E-state index in [1.807, 2.05) is 54.1 Å². The lowest BCUT2D eigenvalue weighted by Gasteiger charge is -2.07. The third kappa shape index (κ3) is 3.74. The van der Waals surface area contributed by atoms with E-state index in [0.29, 0.717) is 13.0 Å². The van der Waals surface area contributed by atoms with Crippen molar-refractivity contribution in [1.29, 1.82) is 0 Å². The lowest BCUT2D eigenvalue weighted by molar-refractivity contribution is -0.120. The summed E-state index contributed by atoms with van der Waals surface area (Å²) in [5.41, 5.74) is 4.13. The first-order chi connectivity index (χ1) is 11.7. The van der Waals surface area contributed by atoms with Gasteiger partial charge < -0.3 is 14.6 Å². The average Bonchev–Trinajstić information content (AvgIpc) is 2.96. The number of imidazole rings is 1. The fourth-order valence-corrected chi connectivity index (χ4v) is 2.68. The number of carbonyl (C=O) groups is 1. The Morgan fingerprint density at radius 3 is 2.67 bits per heavy atom. The molecule has 0 aliphatic heterocycles. The van der Waals surface area contributed by atoms with E-state index in [4.69, 9.17) is 4.74 Å². The first kappa shape index (κ1) is 16.1. The van der Waals surface area contributed by atoms with Gasteiger partial charge in [0.15, 0.2) is 0 Å². The van der Waals surface area contributed by atoms with Gasteiger partial charge in [-0.3, -0.25) is 4.79 Å². The molecule has 0 aliphatic rings. The molecule has 0 unspecified atom stereocenters. The zero-order chi connectivity index (χ0) is 16.9. The van der Waals surface area contributed by atoms with Crippen LogP contribution in [0.25, 0.3) is 11.0 Å². The number of nitrogens with one attached hydrogen (secondary N) is 1. The average molecular weight is 323 g/mol. The predicted molar refractivity (Wildman–Crippen MR) is 94.1 cm³/mol. The predicted octanol–water partition coefficient (Wildman–Crippen LogP) is 2.48. The number of aryl methyl sites for hydroxylation is 1. The summed E-state index contributed by atoms with van der Waals surface area (Å²) in [5.74, 6) is 0.867. The number of fused-ring (bicyclic) bond motifs is 1. The first-order valence-corrected chi connectivity index (χ1v) is 7.95. The van der Waals surface area contributed by atoms with Crippen LogP contribution in [0.5, 0.6) is 5.75 Å². The fraction of sp³-hybridized carbons (Fsp3) is 0.263. The summed E-state index contributed by atoms with van der Waals surface area (Å²) in [5, 5.41) is 2.97. The molecule has 1 N–H and O–H groups in total. The van der Waals surface area contributed by atoms with Gasteiger partial charge in [0.25, 0.3) is 0 Å². The molecule has 124 valence electrons. The van der Waals surface area contributed by atoms with E-state index in [0.717, 1.165) is 28.8 Å². The van der Waals surface area contributed by atoms with Crippen LogP contribution in [-0.2, 0) is 24.7 Å². The van der Waals surface area contributed by atoms with Crippen LogP contribution in [0, 0.1) is 0 Å². The second-order valence-corrected chi connectivity index (χ2v) is 5.80. The maximum Gasteiger partial charge on any atom is 0.224 e. The van der Waals surface area contributed by atoms with Crippen molar-refractivity contribution in [2.24, 2.45) is 7.05 Å². The zero-order valence-corrected chi connectivity index (χ0v) is 14.0. The lowest BCUT2D eigenvalue weighted by atomic mass is 10.1. The number of hydrogen-bond donors (Lipinski definition) is 1. The number of aromatic nitrogens is 2. The van der Waals surface area contributed by atoms with Crippen LogP contribution in [0.2, 0.25) is 0 Å². The Labute approximate surface area is 141 Å². The highest BCUT2D eigenvalue weighted by Crippen LogP contribution is 2.14. The number of rotatable bonds is 6. The number of ether oxygens (including phenoxy) is 1. The number of hydrogen-bond acceptors (Lipinski definition) is 3. The quantitative estimate of drug-likeness (QED) is 0.758. The van der Waals surface area contributed by atoms with Gasteiger partial charge in [-0.15, -0.1) is 0 Å². The van der Waals surface area contributed by atoms with Gasteiger partial charge >= 0.3 is 0 Å². The summed E-state index contributed by atoms with van der Waals surface area (Å²) >= 11 is 0. The molecule has 2 aromatic carbocycles. The number of nitrogens with zero attached hydrogens (tertiary/aromatic N) is 2. The molecule has 1 aromatic heterocycles. The van der Waals surface area contributed by atoms with Gasteiger partial charge in [-0.1, -0.05) is 18.2 Å². The van der Waals surface area contributed by atoms with Gasteiger partial charge in [-0.25, -0.2) is 4.98 Å². The molecule has 0 bridgehead atoms. The van der Waals surface area contributed by atoms with Crippen LogP contribution in [-0.4, -0.2) is 29.1 Å². The summed E-state index contributed by atoms with van der Waals surface area (Å²) in [7, 11) is 3.61. The van der Waals surface area contributed by atoms with Gasteiger partial charge in [-0.2, -0.15) is 0 Å². The molecule has 0 atom stereocenters. The van der Waals surface area contributed by atoms with Crippen molar-refractivity contribution >= 4 is 16.9 Å². The molecule has 0 aliphatic carbocycles. The van der Waals surface area contributed by atoms with E-state index in [1.54, 1.807) is 13.4 Å². The zero-order valence-electron chi connectivity index (χ0n) is 14.0. The molecule has 0 saturated heterocycles. The van der Waals surface area contributed by atoms with Gasteiger partial charge in [0.1, 0.15) is 5.75 Å². The van der Waals surface area contributed by atoms with Gasteiger partial charge in [0.05, 0.1) is 30.9 Å². The van der Waals surface area contributed by atoms with Crippen molar-refractivity contribution in [3.63, 3.8) is 0 Å². The van der Waals surface area contributed by atoms with Crippen LogP contribution in [0.1, 0.15) is 11.1 Å². The normalized spacial score (nSPS) is 10.8. The Kier molecular flexibility index (Phi) is 4.79. The lowest BCUT2D eigenvalue weighted by Crippen LogP contribution is -2.27. The smallest absolute Gasteiger partial charge is 0.224 e. The summed E-state index contributed by atoms with van der Waals surface area (Å²) in [6.07, 6.45) is 2.95. The van der Waals surface area contributed by atoms with E-state index in [-0.39, 0.29) is 5.91 Å². The van der Waals surface area contributed by atoms with Crippen LogP contribution >= 0.6 is 0 Å². The molecule has 3 aromatic rings. The third-order valence-corrected chi connectivity index (χ3v) is 4.05. The molecular weight excluding hydrogens is 302 g/mol. The number of benzene rings is 2. The van der Waals surface area contributed by atoms with Crippen molar-refractivity contribution in [2.45, 2.75) is 12.8 Å². The van der Waals surface area contributed by atoms with E-state index in [9.17, 15) is 4.79 Å². The van der Waals surface area contributed by atoms with E-state index < -0.39 is 0 Å². The monoisotopic (exact) mass is 323 g/mol. The number of carbonyl (C=O) groups excluding carboxylic acids is 1. The molecule has 0 fully saturated rings. The maximum absolute atomic E-state index is 12.1. The van der Waals surface area contributed by atoms with Crippen molar-refractivity contribution in [1.82, 2.24) is 14.9 Å². The fourth-order valence-electron chi connectivity index (χ4n) is 2.68. The van der Waals surface area contributed by atoms with E-state index in [1.165, 1.54) is 5.56 Å². The Morgan fingerprint density at radius 2 is 1.92 bits per heavy atom. The van der Waals surface area contributed by atoms with Crippen molar-refractivity contribution in [3.8, 4) is 5.75 Å². The highest BCUT2D eigenvalue weighted by atomic mass is 16.5. The van der Waals surface area contributed by atoms with Crippen molar-refractivity contribution < 1.29 is 9.53 Å². The topological polar surface area (TPSA) is 56.1 Å². The minimum Gasteiger partial charge on any atom is -0.497 e. The first-order valence-electron chi connectivity index (χ1n) is 7.95. The molecule has 5 heteroatoms. The maximum atomic E-state index is 12.1. The highest BCUT2D eigenvalue weighted by Gasteiger charge is 2.06. The standard InChI is InChI=1S/C19H21N3O2/c1-22-13-21-17-11-15(5-8-18(17)22)12-19(23)20-10-9-14-3-6-16(24-2)7-4-14/h3-8,11,13H,9-10,12H2,1-2H3,(H,20,23). The third-order valence-electron chi connectivity index (χ3n) is 4.05. The van der Waals surface area contributed by atoms with Crippen LogP contribution in [0.3, 0.4) is 0 Å². The highest BCUT2D eigenvalue weighted by molar-refractivity contribution is 5.81. The summed E-state index contributed by atoms with van der Waals surface area (Å²) < 4.78 is 7.10. The second kappa shape index (κ2) is 7.17. The Bertz CT molecular complexity index is 837. The molecule has 0 saturated carbocycles. The van der Waals surface area contributed by atoms with Crippen molar-refractivity contribution in [3.05, 3.63) is 59.9 Å². The van der Waals surface area contributed by atoms with Gasteiger partial charge in [0, 0.05) is 13.6 Å². The number of methoxy groups -OCH3 is 1. The molecule has 3 rings (SSSR count). The Balaban J connectivity index is 1.50. The van der Waals surface area contributed by atoms with Gasteiger partial charge in [0.2, 0.25) is 5.91 Å². The van der Waals surface area contributed by atoms with Crippen LogP contribution < -0.4 is 10.1 Å². The SMILES string of the molecule is COc1ccc(CCNC(=O)Cc2ccc3c(c2)ncn3C)cc1. The molecule has 0 spiro atoms. The molecule has 1 heterocycles. The molecule has 1 amide bonds. The molecule has 0 radical (unpaired) electrons.